The van der Waals surface area contributed by atoms with Crippen molar-refractivity contribution in [2.45, 2.75) is 84.3 Å². The van der Waals surface area contributed by atoms with Gasteiger partial charge in [-0.15, -0.1) is 0 Å². The Morgan fingerprint density at radius 3 is 2.65 bits per heavy atom. The molecule has 1 rings (SSSR count). The molecule has 2 unspecified atom stereocenters. The van der Waals surface area contributed by atoms with Gasteiger partial charge in [0.1, 0.15) is 0 Å². The number of unbranched alkanes of at least 4 members (excludes halogenated alkanes) is 3. The normalized spacial score (nSPS) is 27.0. The molecular formula is C15H32N2. The first-order valence-electron chi connectivity index (χ1n) is 7.47. The molecule has 0 amide bonds. The van der Waals surface area contributed by atoms with Crippen molar-refractivity contribution in [3.8, 4) is 0 Å². The predicted molar refractivity (Wildman–Crippen MR) is 76.5 cm³/mol. The van der Waals surface area contributed by atoms with Crippen LogP contribution in [0.3, 0.4) is 0 Å². The van der Waals surface area contributed by atoms with E-state index in [0.717, 1.165) is 12.6 Å². The van der Waals surface area contributed by atoms with Crippen LogP contribution in [0.15, 0.2) is 0 Å². The van der Waals surface area contributed by atoms with Crippen LogP contribution in [0.1, 0.15) is 66.7 Å². The molecule has 102 valence electrons. The van der Waals surface area contributed by atoms with E-state index in [9.17, 15) is 0 Å². The molecule has 0 radical (unpaired) electrons. The zero-order valence-corrected chi connectivity index (χ0v) is 12.6. The van der Waals surface area contributed by atoms with Gasteiger partial charge in [0, 0.05) is 30.7 Å². The molecule has 0 spiro atoms. The van der Waals surface area contributed by atoms with Gasteiger partial charge in [-0.2, -0.15) is 0 Å². The van der Waals surface area contributed by atoms with Crippen LogP contribution in [-0.4, -0.2) is 35.6 Å². The molecule has 0 bridgehead atoms. The summed E-state index contributed by atoms with van der Waals surface area (Å²) in [4.78, 5) is 2.70. The highest BCUT2D eigenvalue weighted by atomic mass is 15.3. The molecule has 2 nitrogen and oxygen atoms in total. The fourth-order valence-corrected chi connectivity index (χ4v) is 2.83. The van der Waals surface area contributed by atoms with E-state index >= 15 is 0 Å². The van der Waals surface area contributed by atoms with E-state index in [1.165, 1.54) is 38.6 Å². The average molecular weight is 240 g/mol. The minimum Gasteiger partial charge on any atom is -0.309 e. The summed E-state index contributed by atoms with van der Waals surface area (Å²) in [6.45, 7) is 14.0. The quantitative estimate of drug-likeness (QED) is 0.716. The molecule has 0 saturated carbocycles. The second kappa shape index (κ2) is 6.75. The van der Waals surface area contributed by atoms with Gasteiger partial charge in [-0.05, 0) is 34.1 Å². The third-order valence-corrected chi connectivity index (χ3v) is 4.06. The smallest absolute Gasteiger partial charge is 0.0253 e. The van der Waals surface area contributed by atoms with Gasteiger partial charge in [-0.1, -0.05) is 32.6 Å². The Hall–Kier alpha value is -0.0800. The zero-order chi connectivity index (χ0) is 12.9. The lowest BCUT2D eigenvalue weighted by molar-refractivity contribution is 0.0646. The standard InChI is InChI=1S/C15H32N2/c1-6-7-8-9-10-13(2)17-12-15(4,5)16-11-14(17)3/h13-14,16H,6-12H2,1-5H3. The van der Waals surface area contributed by atoms with Crippen LogP contribution in [-0.2, 0) is 0 Å². The highest BCUT2D eigenvalue weighted by Gasteiger charge is 2.32. The molecule has 17 heavy (non-hydrogen) atoms. The molecule has 0 aliphatic carbocycles. The van der Waals surface area contributed by atoms with E-state index in [1.54, 1.807) is 0 Å². The Morgan fingerprint density at radius 1 is 1.29 bits per heavy atom. The molecule has 1 aliphatic heterocycles. The largest absolute Gasteiger partial charge is 0.309 e. The highest BCUT2D eigenvalue weighted by Crippen LogP contribution is 2.20. The molecule has 0 aromatic carbocycles. The summed E-state index contributed by atoms with van der Waals surface area (Å²) < 4.78 is 0. The van der Waals surface area contributed by atoms with E-state index < -0.39 is 0 Å². The minimum atomic E-state index is 0.282. The van der Waals surface area contributed by atoms with E-state index in [-0.39, 0.29) is 5.54 Å². The molecule has 1 aliphatic rings. The van der Waals surface area contributed by atoms with Crippen molar-refractivity contribution < 1.29 is 0 Å². The van der Waals surface area contributed by atoms with Crippen molar-refractivity contribution in [3.63, 3.8) is 0 Å². The summed E-state index contributed by atoms with van der Waals surface area (Å²) in [5, 5.41) is 3.63. The lowest BCUT2D eigenvalue weighted by Crippen LogP contribution is -2.62. The lowest BCUT2D eigenvalue weighted by atomic mass is 9.96. The third-order valence-electron chi connectivity index (χ3n) is 4.06. The van der Waals surface area contributed by atoms with Gasteiger partial charge in [0.15, 0.2) is 0 Å². The summed E-state index contributed by atoms with van der Waals surface area (Å²) in [5.74, 6) is 0. The van der Waals surface area contributed by atoms with Crippen molar-refractivity contribution in [1.29, 1.82) is 0 Å². The summed E-state index contributed by atoms with van der Waals surface area (Å²) in [5.41, 5.74) is 0.282. The van der Waals surface area contributed by atoms with Gasteiger partial charge >= 0.3 is 0 Å². The molecule has 2 heteroatoms. The molecular weight excluding hydrogens is 208 g/mol. The Morgan fingerprint density at radius 2 is 2.00 bits per heavy atom. The predicted octanol–water partition coefficient (Wildman–Crippen LogP) is 3.42. The highest BCUT2D eigenvalue weighted by molar-refractivity contribution is 4.92. The number of rotatable bonds is 6. The van der Waals surface area contributed by atoms with Gasteiger partial charge in [0.05, 0.1) is 0 Å². The van der Waals surface area contributed by atoms with Crippen LogP contribution in [0.5, 0.6) is 0 Å². The van der Waals surface area contributed by atoms with Crippen LogP contribution in [0.4, 0.5) is 0 Å². The number of nitrogens with one attached hydrogen (secondary N) is 1. The van der Waals surface area contributed by atoms with Crippen molar-refractivity contribution in [2.75, 3.05) is 13.1 Å². The first-order chi connectivity index (χ1) is 7.96. The number of hydrogen-bond donors (Lipinski definition) is 1. The van der Waals surface area contributed by atoms with Crippen LogP contribution in [0.2, 0.25) is 0 Å². The van der Waals surface area contributed by atoms with Crippen LogP contribution >= 0.6 is 0 Å². The molecule has 1 N–H and O–H groups in total. The summed E-state index contributed by atoms with van der Waals surface area (Å²) >= 11 is 0. The number of nitrogens with zero attached hydrogens (tertiary/aromatic N) is 1. The van der Waals surface area contributed by atoms with Crippen molar-refractivity contribution in [1.82, 2.24) is 10.2 Å². The van der Waals surface area contributed by atoms with E-state index in [2.05, 4.69) is 44.8 Å². The van der Waals surface area contributed by atoms with Gasteiger partial charge < -0.3 is 5.32 Å². The maximum atomic E-state index is 3.63. The molecule has 1 fully saturated rings. The maximum Gasteiger partial charge on any atom is 0.0253 e. The van der Waals surface area contributed by atoms with Crippen LogP contribution in [0.25, 0.3) is 0 Å². The summed E-state index contributed by atoms with van der Waals surface area (Å²) in [6, 6.07) is 1.42. The van der Waals surface area contributed by atoms with E-state index in [0.29, 0.717) is 6.04 Å². The van der Waals surface area contributed by atoms with E-state index in [4.69, 9.17) is 0 Å². The monoisotopic (exact) mass is 240 g/mol. The topological polar surface area (TPSA) is 15.3 Å². The SMILES string of the molecule is CCCCCCC(C)N1CC(C)(C)NCC1C. The third kappa shape index (κ3) is 4.97. The first kappa shape index (κ1) is 15.0. The van der Waals surface area contributed by atoms with Crippen molar-refractivity contribution in [2.24, 2.45) is 0 Å². The average Bonchev–Trinajstić information content (AvgIpc) is 2.27. The van der Waals surface area contributed by atoms with Crippen LogP contribution in [0, 0.1) is 0 Å². The zero-order valence-electron chi connectivity index (χ0n) is 12.6. The fourth-order valence-electron chi connectivity index (χ4n) is 2.83. The molecule has 1 heterocycles. The maximum absolute atomic E-state index is 3.63. The second-order valence-electron chi connectivity index (χ2n) is 6.48. The fraction of sp³-hybridized carbons (Fsp3) is 1.00. The molecule has 0 aromatic heterocycles. The Labute approximate surface area is 108 Å². The van der Waals surface area contributed by atoms with Crippen molar-refractivity contribution in [3.05, 3.63) is 0 Å². The lowest BCUT2D eigenvalue weighted by Gasteiger charge is -2.46. The number of piperazine rings is 1. The minimum absolute atomic E-state index is 0.282. The van der Waals surface area contributed by atoms with Crippen molar-refractivity contribution >= 4 is 0 Å². The summed E-state index contributed by atoms with van der Waals surface area (Å²) in [6.07, 6.45) is 6.90. The van der Waals surface area contributed by atoms with Gasteiger partial charge in [-0.3, -0.25) is 4.90 Å². The Balaban J connectivity index is 2.35. The Bertz CT molecular complexity index is 213. The second-order valence-corrected chi connectivity index (χ2v) is 6.48. The molecule has 2 atom stereocenters. The molecule has 1 saturated heterocycles. The molecule has 0 aromatic rings. The van der Waals surface area contributed by atoms with Gasteiger partial charge in [-0.25, -0.2) is 0 Å². The first-order valence-corrected chi connectivity index (χ1v) is 7.47. The van der Waals surface area contributed by atoms with E-state index in [1.807, 2.05) is 0 Å². The van der Waals surface area contributed by atoms with Crippen LogP contribution < -0.4 is 5.32 Å². The Kier molecular flexibility index (Phi) is 5.94. The van der Waals surface area contributed by atoms with Gasteiger partial charge in [0.25, 0.3) is 0 Å². The number of hydrogen-bond acceptors (Lipinski definition) is 2. The van der Waals surface area contributed by atoms with Gasteiger partial charge in [0.2, 0.25) is 0 Å². The summed E-state index contributed by atoms with van der Waals surface area (Å²) in [7, 11) is 0.